The molecule has 22 heavy (non-hydrogen) atoms. The Morgan fingerprint density at radius 2 is 1.91 bits per heavy atom. The molecule has 0 unspecified atom stereocenters. The number of nitrogens with one attached hydrogen (secondary N) is 2. The lowest BCUT2D eigenvalue weighted by molar-refractivity contribution is -0.130. The number of hydrogen-bond acceptors (Lipinski definition) is 4. The van der Waals surface area contributed by atoms with Gasteiger partial charge in [0.15, 0.2) is 6.10 Å². The summed E-state index contributed by atoms with van der Waals surface area (Å²) in [4.78, 5) is 23.7. The number of carbonyl (C=O) groups is 2. The summed E-state index contributed by atoms with van der Waals surface area (Å²) >= 11 is 0. The average molecular weight is 303 g/mol. The van der Waals surface area contributed by atoms with Crippen LogP contribution in [-0.2, 0) is 16.1 Å². The van der Waals surface area contributed by atoms with E-state index in [1.807, 2.05) is 50.2 Å². The molecule has 0 fully saturated rings. The van der Waals surface area contributed by atoms with Crippen LogP contribution in [0.5, 0.6) is 0 Å². The van der Waals surface area contributed by atoms with Gasteiger partial charge in [0.05, 0.1) is 6.07 Å². The fourth-order valence-electron chi connectivity index (χ4n) is 1.82. The van der Waals surface area contributed by atoms with E-state index < -0.39 is 18.1 Å². The second kappa shape index (κ2) is 9.40. The Bertz CT molecular complexity index is 523. The van der Waals surface area contributed by atoms with E-state index in [-0.39, 0.29) is 12.5 Å². The van der Waals surface area contributed by atoms with Gasteiger partial charge in [-0.15, -0.1) is 0 Å². The van der Waals surface area contributed by atoms with E-state index in [9.17, 15) is 9.59 Å². The fraction of sp³-hybridized carbons (Fsp3) is 0.438. The summed E-state index contributed by atoms with van der Waals surface area (Å²) in [5, 5.41) is 13.5. The Kier molecular flexibility index (Phi) is 7.48. The predicted octanol–water partition coefficient (Wildman–Crippen LogP) is 1.97. The molecule has 1 atom stereocenters. The van der Waals surface area contributed by atoms with Crippen molar-refractivity contribution in [1.29, 1.82) is 5.26 Å². The van der Waals surface area contributed by atoms with Crippen LogP contribution in [0.15, 0.2) is 30.3 Å². The van der Waals surface area contributed by atoms with Crippen molar-refractivity contribution in [3.05, 3.63) is 35.9 Å². The van der Waals surface area contributed by atoms with Crippen molar-refractivity contribution >= 4 is 12.0 Å². The molecule has 0 saturated carbocycles. The van der Waals surface area contributed by atoms with Crippen LogP contribution in [-0.4, -0.2) is 24.6 Å². The number of amides is 2. The molecule has 6 nitrogen and oxygen atoms in total. The molecule has 1 aromatic carbocycles. The molecule has 0 aliphatic rings. The van der Waals surface area contributed by atoms with Gasteiger partial charge >= 0.3 is 6.09 Å². The molecule has 0 saturated heterocycles. The highest BCUT2D eigenvalue weighted by Gasteiger charge is 2.23. The first-order valence-electron chi connectivity index (χ1n) is 7.16. The number of nitrogens with zero attached hydrogens (tertiary/aromatic N) is 1. The summed E-state index contributed by atoms with van der Waals surface area (Å²) in [6.45, 7) is 4.07. The van der Waals surface area contributed by atoms with Crippen LogP contribution >= 0.6 is 0 Å². The van der Waals surface area contributed by atoms with Crippen LogP contribution in [0.4, 0.5) is 4.79 Å². The summed E-state index contributed by atoms with van der Waals surface area (Å²) in [6.07, 6.45) is -1.15. The van der Waals surface area contributed by atoms with Gasteiger partial charge in [-0.25, -0.2) is 4.79 Å². The van der Waals surface area contributed by atoms with Crippen molar-refractivity contribution in [2.75, 3.05) is 6.54 Å². The van der Waals surface area contributed by atoms with E-state index in [1.165, 1.54) is 0 Å². The zero-order valence-corrected chi connectivity index (χ0v) is 12.8. The van der Waals surface area contributed by atoms with Crippen molar-refractivity contribution in [3.8, 4) is 6.07 Å². The van der Waals surface area contributed by atoms with Crippen molar-refractivity contribution in [1.82, 2.24) is 10.6 Å². The van der Waals surface area contributed by atoms with Crippen LogP contribution in [0.1, 0.15) is 25.8 Å². The topological polar surface area (TPSA) is 91.2 Å². The summed E-state index contributed by atoms with van der Waals surface area (Å²) in [5.74, 6) is -0.273. The largest absolute Gasteiger partial charge is 0.436 e. The van der Waals surface area contributed by atoms with E-state index >= 15 is 0 Å². The molecule has 0 aliphatic heterocycles. The van der Waals surface area contributed by atoms with Crippen LogP contribution in [0.3, 0.4) is 0 Å². The third-order valence-corrected chi connectivity index (χ3v) is 2.85. The molecular formula is C16H21N3O3. The highest BCUT2D eigenvalue weighted by molar-refractivity contribution is 5.83. The van der Waals surface area contributed by atoms with Crippen LogP contribution < -0.4 is 10.6 Å². The molecule has 6 heteroatoms. The SMILES string of the molecule is CC(C)C[C@H](OC(=O)NCc1ccccc1)C(=O)NCC#N. The zero-order chi connectivity index (χ0) is 16.4. The molecule has 0 heterocycles. The Hall–Kier alpha value is -2.55. The Balaban J connectivity index is 2.51. The minimum atomic E-state index is -0.899. The van der Waals surface area contributed by atoms with Crippen molar-refractivity contribution < 1.29 is 14.3 Å². The maximum Gasteiger partial charge on any atom is 0.408 e. The van der Waals surface area contributed by atoms with Crippen molar-refractivity contribution in [2.45, 2.75) is 32.9 Å². The third-order valence-electron chi connectivity index (χ3n) is 2.85. The molecule has 0 aromatic heterocycles. The normalized spacial score (nSPS) is 11.4. The van der Waals surface area contributed by atoms with Gasteiger partial charge in [-0.1, -0.05) is 44.2 Å². The Morgan fingerprint density at radius 3 is 2.50 bits per heavy atom. The molecule has 1 rings (SSSR count). The first-order valence-corrected chi connectivity index (χ1v) is 7.16. The van der Waals surface area contributed by atoms with E-state index in [2.05, 4.69) is 10.6 Å². The third kappa shape index (κ3) is 6.75. The molecule has 0 radical (unpaired) electrons. The lowest BCUT2D eigenvalue weighted by Gasteiger charge is -2.18. The second-order valence-electron chi connectivity index (χ2n) is 5.24. The molecule has 0 bridgehead atoms. The summed E-state index contributed by atoms with van der Waals surface area (Å²) in [6, 6.07) is 11.2. The molecule has 2 N–H and O–H groups in total. The highest BCUT2D eigenvalue weighted by atomic mass is 16.6. The monoisotopic (exact) mass is 303 g/mol. The van der Waals surface area contributed by atoms with Gasteiger partial charge in [0.1, 0.15) is 6.54 Å². The van der Waals surface area contributed by atoms with Crippen LogP contribution in [0.2, 0.25) is 0 Å². The zero-order valence-electron chi connectivity index (χ0n) is 12.8. The first kappa shape index (κ1) is 17.5. The maximum absolute atomic E-state index is 11.9. The van der Waals surface area contributed by atoms with E-state index in [1.54, 1.807) is 0 Å². The number of nitriles is 1. The van der Waals surface area contributed by atoms with Crippen LogP contribution in [0.25, 0.3) is 0 Å². The number of rotatable bonds is 7. The van der Waals surface area contributed by atoms with Gasteiger partial charge < -0.3 is 15.4 Å². The number of benzene rings is 1. The summed E-state index contributed by atoms with van der Waals surface area (Å²) in [5.41, 5.74) is 0.939. The Labute approximate surface area is 130 Å². The Morgan fingerprint density at radius 1 is 1.23 bits per heavy atom. The molecule has 118 valence electrons. The number of ether oxygens (including phenoxy) is 1. The van der Waals surface area contributed by atoms with Crippen molar-refractivity contribution in [2.24, 2.45) is 5.92 Å². The van der Waals surface area contributed by atoms with Crippen LogP contribution in [0, 0.1) is 17.2 Å². The number of alkyl carbamates (subject to hydrolysis) is 1. The van der Waals surface area contributed by atoms with Gasteiger partial charge in [0, 0.05) is 6.54 Å². The van der Waals surface area contributed by atoms with Gasteiger partial charge in [-0.05, 0) is 17.9 Å². The minimum absolute atomic E-state index is 0.109. The van der Waals surface area contributed by atoms with Gasteiger partial charge in [-0.2, -0.15) is 5.26 Å². The smallest absolute Gasteiger partial charge is 0.408 e. The molecule has 0 aliphatic carbocycles. The predicted molar refractivity (Wildman–Crippen MR) is 81.6 cm³/mol. The maximum atomic E-state index is 11.9. The van der Waals surface area contributed by atoms with E-state index in [4.69, 9.17) is 10.00 Å². The van der Waals surface area contributed by atoms with Gasteiger partial charge in [0.25, 0.3) is 5.91 Å². The standard InChI is InChI=1S/C16H21N3O3/c1-12(2)10-14(15(20)18-9-8-17)22-16(21)19-11-13-6-4-3-5-7-13/h3-7,12,14H,9-11H2,1-2H3,(H,18,20)(H,19,21)/t14-/m0/s1. The molecule has 1 aromatic rings. The summed E-state index contributed by atoms with van der Waals surface area (Å²) < 4.78 is 5.17. The second-order valence-corrected chi connectivity index (χ2v) is 5.24. The molecule has 2 amide bonds. The minimum Gasteiger partial charge on any atom is -0.436 e. The lowest BCUT2D eigenvalue weighted by atomic mass is 10.1. The van der Waals surface area contributed by atoms with Gasteiger partial charge in [-0.3, -0.25) is 4.79 Å². The summed E-state index contributed by atoms with van der Waals surface area (Å²) in [7, 11) is 0. The van der Waals surface area contributed by atoms with Crippen molar-refractivity contribution in [3.63, 3.8) is 0 Å². The molecule has 0 spiro atoms. The van der Waals surface area contributed by atoms with E-state index in [0.717, 1.165) is 5.56 Å². The highest BCUT2D eigenvalue weighted by Crippen LogP contribution is 2.09. The first-order chi connectivity index (χ1) is 10.5. The fourth-order valence-corrected chi connectivity index (χ4v) is 1.82. The quantitative estimate of drug-likeness (QED) is 0.753. The molecular weight excluding hydrogens is 282 g/mol. The van der Waals surface area contributed by atoms with E-state index in [0.29, 0.717) is 13.0 Å². The van der Waals surface area contributed by atoms with Gasteiger partial charge in [0.2, 0.25) is 0 Å². The number of carbonyl (C=O) groups excluding carboxylic acids is 2. The number of hydrogen-bond donors (Lipinski definition) is 2. The lowest BCUT2D eigenvalue weighted by Crippen LogP contribution is -2.41. The average Bonchev–Trinajstić information content (AvgIpc) is 2.50.